The van der Waals surface area contributed by atoms with Gasteiger partial charge in [-0.15, -0.1) is 0 Å². The van der Waals surface area contributed by atoms with Gasteiger partial charge in [0.05, 0.1) is 17.2 Å². The number of fused-ring (bicyclic) bond motifs is 2. The third-order valence-electron chi connectivity index (χ3n) is 5.74. The second-order valence-corrected chi connectivity index (χ2v) is 8.65. The zero-order valence-corrected chi connectivity index (χ0v) is 19.5. The highest BCUT2D eigenvalue weighted by Gasteiger charge is 2.25. The van der Waals surface area contributed by atoms with Gasteiger partial charge in [-0.05, 0) is 25.3 Å². The van der Waals surface area contributed by atoms with Crippen molar-refractivity contribution < 1.29 is 19.1 Å². The summed E-state index contributed by atoms with van der Waals surface area (Å²) in [5.41, 5.74) is 1.12. The average molecular weight is 468 g/mol. The molecule has 10 heteroatoms. The van der Waals surface area contributed by atoms with Gasteiger partial charge in [-0.1, -0.05) is 13.8 Å². The maximum atomic E-state index is 13.2. The number of imidazole rings is 1. The molecule has 0 bridgehead atoms. The summed E-state index contributed by atoms with van der Waals surface area (Å²) < 4.78 is 12.7. The number of aryl methyl sites for hydroxylation is 1. The standard InChI is InChI=1S/C24H29N5O5/c1-4-29-11-17(22(30)16-8-20-21(9-19(16)29)34-13-33-20)23(31)28-18(7-14(2)3)24(32)26-6-5-15-10-25-12-27-15/h8-12,14,18H,4-7,13H2,1-3H3,(H,25,27)(H,26,32)(H,28,31)/t18-/m1/s1. The van der Waals surface area contributed by atoms with Crippen LogP contribution in [0.1, 0.15) is 43.2 Å². The first-order valence-electron chi connectivity index (χ1n) is 11.4. The zero-order chi connectivity index (χ0) is 24.2. The molecule has 34 heavy (non-hydrogen) atoms. The lowest BCUT2D eigenvalue weighted by molar-refractivity contribution is -0.123. The molecule has 2 amide bonds. The van der Waals surface area contributed by atoms with Gasteiger partial charge in [0.15, 0.2) is 11.5 Å². The van der Waals surface area contributed by atoms with Crippen LogP contribution >= 0.6 is 0 Å². The third kappa shape index (κ3) is 4.90. The highest BCUT2D eigenvalue weighted by molar-refractivity contribution is 6.00. The number of ether oxygens (including phenoxy) is 2. The summed E-state index contributed by atoms with van der Waals surface area (Å²) in [5.74, 6) is 0.323. The number of aromatic nitrogens is 3. The number of amides is 2. The number of H-pyrrole nitrogens is 1. The van der Waals surface area contributed by atoms with Gasteiger partial charge in [0.25, 0.3) is 5.91 Å². The van der Waals surface area contributed by atoms with Crippen LogP contribution in [0, 0.1) is 5.92 Å². The molecule has 1 aliphatic heterocycles. The first kappa shape index (κ1) is 23.3. The van der Waals surface area contributed by atoms with E-state index in [0.717, 1.165) is 5.69 Å². The number of nitrogens with zero attached hydrogens (tertiary/aromatic N) is 2. The van der Waals surface area contributed by atoms with Gasteiger partial charge in [0, 0.05) is 43.7 Å². The maximum Gasteiger partial charge on any atom is 0.257 e. The Kier molecular flexibility index (Phi) is 6.85. The number of hydrogen-bond donors (Lipinski definition) is 3. The maximum absolute atomic E-state index is 13.2. The van der Waals surface area contributed by atoms with E-state index in [1.165, 1.54) is 6.20 Å². The van der Waals surface area contributed by atoms with Crippen LogP contribution in [0.4, 0.5) is 0 Å². The fourth-order valence-corrected chi connectivity index (χ4v) is 4.01. The smallest absolute Gasteiger partial charge is 0.257 e. The molecule has 3 N–H and O–H groups in total. The van der Waals surface area contributed by atoms with Crippen molar-refractivity contribution in [2.75, 3.05) is 13.3 Å². The molecule has 0 unspecified atom stereocenters. The van der Waals surface area contributed by atoms with Gasteiger partial charge < -0.3 is 29.7 Å². The van der Waals surface area contributed by atoms with Crippen LogP contribution in [0.3, 0.4) is 0 Å². The molecule has 1 aromatic carbocycles. The van der Waals surface area contributed by atoms with E-state index in [4.69, 9.17) is 9.47 Å². The lowest BCUT2D eigenvalue weighted by Crippen LogP contribution is -2.48. The summed E-state index contributed by atoms with van der Waals surface area (Å²) in [6.45, 7) is 6.90. The van der Waals surface area contributed by atoms with E-state index in [9.17, 15) is 14.4 Å². The molecule has 1 atom stereocenters. The third-order valence-corrected chi connectivity index (χ3v) is 5.74. The Balaban J connectivity index is 1.56. The van der Waals surface area contributed by atoms with Crippen LogP contribution in [0.5, 0.6) is 11.5 Å². The molecule has 0 fully saturated rings. The predicted octanol–water partition coefficient (Wildman–Crippen LogP) is 1.98. The Bertz CT molecular complexity index is 1250. The SMILES string of the molecule is CCn1cc(C(=O)N[C@H](CC(C)C)C(=O)NCCc2cnc[nH]2)c(=O)c2cc3c(cc21)OCO3. The van der Waals surface area contributed by atoms with E-state index in [2.05, 4.69) is 20.6 Å². The minimum Gasteiger partial charge on any atom is -0.454 e. The molecule has 0 saturated carbocycles. The molecule has 0 spiro atoms. The molecular weight excluding hydrogens is 438 g/mol. The first-order valence-corrected chi connectivity index (χ1v) is 11.4. The van der Waals surface area contributed by atoms with E-state index in [1.807, 2.05) is 25.3 Å². The largest absolute Gasteiger partial charge is 0.454 e. The van der Waals surface area contributed by atoms with Gasteiger partial charge in [0.2, 0.25) is 18.1 Å². The van der Waals surface area contributed by atoms with E-state index >= 15 is 0 Å². The van der Waals surface area contributed by atoms with Crippen molar-refractivity contribution in [1.29, 1.82) is 0 Å². The minimum atomic E-state index is -0.767. The van der Waals surface area contributed by atoms with Crippen LogP contribution in [0.2, 0.25) is 0 Å². The van der Waals surface area contributed by atoms with Crippen molar-refractivity contribution >= 4 is 22.7 Å². The molecule has 10 nitrogen and oxygen atoms in total. The molecule has 1 aliphatic rings. The number of benzene rings is 1. The molecular formula is C24H29N5O5. The van der Waals surface area contributed by atoms with Crippen molar-refractivity contribution in [3.63, 3.8) is 0 Å². The zero-order valence-electron chi connectivity index (χ0n) is 19.5. The Morgan fingerprint density at radius 2 is 2.00 bits per heavy atom. The molecule has 0 radical (unpaired) electrons. The second kappa shape index (κ2) is 9.98. The van der Waals surface area contributed by atoms with Gasteiger partial charge >= 0.3 is 0 Å². The van der Waals surface area contributed by atoms with E-state index in [1.54, 1.807) is 24.7 Å². The van der Waals surface area contributed by atoms with E-state index < -0.39 is 17.4 Å². The fourth-order valence-electron chi connectivity index (χ4n) is 4.01. The summed E-state index contributed by atoms with van der Waals surface area (Å²) in [7, 11) is 0. The second-order valence-electron chi connectivity index (χ2n) is 8.65. The van der Waals surface area contributed by atoms with Crippen molar-refractivity contribution in [2.45, 2.75) is 46.2 Å². The number of pyridine rings is 1. The average Bonchev–Trinajstić information content (AvgIpc) is 3.49. The van der Waals surface area contributed by atoms with Crippen LogP contribution in [0.25, 0.3) is 10.9 Å². The van der Waals surface area contributed by atoms with Crippen LogP contribution in [-0.2, 0) is 17.8 Å². The summed E-state index contributed by atoms with van der Waals surface area (Å²) in [6.07, 6.45) is 5.85. The Morgan fingerprint density at radius 3 is 2.68 bits per heavy atom. The van der Waals surface area contributed by atoms with Gasteiger partial charge in [-0.2, -0.15) is 0 Å². The van der Waals surface area contributed by atoms with Gasteiger partial charge in [-0.25, -0.2) is 4.98 Å². The van der Waals surface area contributed by atoms with Crippen LogP contribution < -0.4 is 25.5 Å². The number of hydrogen-bond acceptors (Lipinski definition) is 6. The number of rotatable bonds is 9. The summed E-state index contributed by atoms with van der Waals surface area (Å²) in [6, 6.07) is 2.59. The molecule has 0 aliphatic carbocycles. The molecule has 3 heterocycles. The normalized spacial score (nSPS) is 13.3. The lowest BCUT2D eigenvalue weighted by Gasteiger charge is -2.20. The Morgan fingerprint density at radius 1 is 1.24 bits per heavy atom. The quantitative estimate of drug-likeness (QED) is 0.442. The van der Waals surface area contributed by atoms with Gasteiger partial charge in [0.1, 0.15) is 11.6 Å². The van der Waals surface area contributed by atoms with Crippen molar-refractivity contribution in [2.24, 2.45) is 5.92 Å². The highest BCUT2D eigenvalue weighted by Crippen LogP contribution is 2.35. The molecule has 4 rings (SSSR count). The molecule has 180 valence electrons. The highest BCUT2D eigenvalue weighted by atomic mass is 16.7. The van der Waals surface area contributed by atoms with E-state index in [-0.39, 0.29) is 24.2 Å². The summed E-state index contributed by atoms with van der Waals surface area (Å²) >= 11 is 0. The van der Waals surface area contributed by atoms with E-state index in [0.29, 0.717) is 48.3 Å². The van der Waals surface area contributed by atoms with Crippen LogP contribution in [-0.4, -0.2) is 45.7 Å². The fraction of sp³-hybridized carbons (Fsp3) is 0.417. The van der Waals surface area contributed by atoms with Crippen molar-refractivity contribution in [3.8, 4) is 11.5 Å². The summed E-state index contributed by atoms with van der Waals surface area (Å²) in [5, 5.41) is 6.00. The number of carbonyl (C=O) groups excluding carboxylic acids is 2. The first-order chi connectivity index (χ1) is 16.4. The Labute approximate surface area is 196 Å². The van der Waals surface area contributed by atoms with Crippen molar-refractivity contribution in [1.82, 2.24) is 25.2 Å². The Hall–Kier alpha value is -3.82. The minimum absolute atomic E-state index is 0.0211. The summed E-state index contributed by atoms with van der Waals surface area (Å²) in [4.78, 5) is 46.2. The number of aromatic amines is 1. The predicted molar refractivity (Wildman–Crippen MR) is 126 cm³/mol. The van der Waals surface area contributed by atoms with Crippen molar-refractivity contribution in [3.05, 3.63) is 52.3 Å². The van der Waals surface area contributed by atoms with Crippen LogP contribution in [0.15, 0.2) is 35.6 Å². The van der Waals surface area contributed by atoms with Gasteiger partial charge in [-0.3, -0.25) is 14.4 Å². The monoisotopic (exact) mass is 467 g/mol. The molecule has 2 aromatic heterocycles. The number of nitrogens with one attached hydrogen (secondary N) is 3. The number of carbonyl (C=O) groups is 2. The molecule has 0 saturated heterocycles. The topological polar surface area (TPSA) is 127 Å². The molecule has 3 aromatic rings. The lowest BCUT2D eigenvalue weighted by atomic mass is 10.0.